The number of hydrogen-bond donors (Lipinski definition) is 2. The first-order valence-electron chi connectivity index (χ1n) is 6.68. The zero-order chi connectivity index (χ0) is 12.4. The van der Waals surface area contributed by atoms with Gasteiger partial charge in [-0.05, 0) is 31.9 Å². The smallest absolute Gasteiger partial charge is 0.0599 e. The fraction of sp³-hybridized carbons (Fsp3) is 0.400. The molecule has 0 bridgehead atoms. The number of aryl methyl sites for hydroxylation is 1. The van der Waals surface area contributed by atoms with Crippen LogP contribution >= 0.6 is 0 Å². The van der Waals surface area contributed by atoms with Crippen molar-refractivity contribution in [2.75, 3.05) is 6.54 Å². The molecular weight excluding hydrogens is 222 g/mol. The van der Waals surface area contributed by atoms with E-state index in [9.17, 15) is 0 Å². The summed E-state index contributed by atoms with van der Waals surface area (Å²) in [5.74, 6) is 0. The molecule has 1 aliphatic heterocycles. The molecule has 2 heterocycles. The molecule has 2 N–H and O–H groups in total. The highest BCUT2D eigenvalue weighted by molar-refractivity contribution is 5.66. The van der Waals surface area contributed by atoms with Gasteiger partial charge in [0.25, 0.3) is 0 Å². The largest absolute Gasteiger partial charge is 0.309 e. The maximum absolute atomic E-state index is 4.23. The van der Waals surface area contributed by atoms with Gasteiger partial charge in [-0.15, -0.1) is 0 Å². The molecule has 3 heteroatoms. The summed E-state index contributed by atoms with van der Waals surface area (Å²) in [5.41, 5.74) is 5.00. The molecule has 2 aromatic rings. The quantitative estimate of drug-likeness (QED) is 0.847. The van der Waals surface area contributed by atoms with Crippen molar-refractivity contribution >= 4 is 0 Å². The molecule has 0 radical (unpaired) electrons. The number of piperidine rings is 1. The molecule has 1 unspecified atom stereocenters. The van der Waals surface area contributed by atoms with Crippen molar-refractivity contribution in [2.24, 2.45) is 0 Å². The molecule has 1 fully saturated rings. The van der Waals surface area contributed by atoms with Crippen molar-refractivity contribution in [3.63, 3.8) is 0 Å². The van der Waals surface area contributed by atoms with Crippen LogP contribution in [0.1, 0.15) is 36.6 Å². The van der Waals surface area contributed by atoms with E-state index in [0.29, 0.717) is 6.04 Å². The molecule has 1 saturated heterocycles. The van der Waals surface area contributed by atoms with Gasteiger partial charge in [0.2, 0.25) is 0 Å². The van der Waals surface area contributed by atoms with Gasteiger partial charge in [-0.1, -0.05) is 36.2 Å². The topological polar surface area (TPSA) is 40.7 Å². The van der Waals surface area contributed by atoms with Crippen LogP contribution in [0.15, 0.2) is 30.5 Å². The first kappa shape index (κ1) is 11.5. The minimum absolute atomic E-state index is 0.428. The molecular formula is C15H19N3. The van der Waals surface area contributed by atoms with Crippen LogP contribution in [-0.4, -0.2) is 16.7 Å². The lowest BCUT2D eigenvalue weighted by Crippen LogP contribution is -2.27. The number of hydrogen-bond acceptors (Lipinski definition) is 2. The van der Waals surface area contributed by atoms with Gasteiger partial charge < -0.3 is 5.32 Å². The highest BCUT2D eigenvalue weighted by atomic mass is 15.1. The summed E-state index contributed by atoms with van der Waals surface area (Å²) >= 11 is 0. The fourth-order valence-corrected chi connectivity index (χ4v) is 2.62. The molecule has 1 aliphatic rings. The van der Waals surface area contributed by atoms with Crippen LogP contribution in [0.4, 0.5) is 0 Å². The first-order chi connectivity index (χ1) is 8.84. The monoisotopic (exact) mass is 241 g/mol. The van der Waals surface area contributed by atoms with Gasteiger partial charge in [0, 0.05) is 11.6 Å². The van der Waals surface area contributed by atoms with Gasteiger partial charge in [0.1, 0.15) is 0 Å². The number of aromatic nitrogens is 2. The normalized spacial score (nSPS) is 19.9. The van der Waals surface area contributed by atoms with E-state index >= 15 is 0 Å². The third kappa shape index (κ3) is 2.18. The molecule has 94 valence electrons. The highest BCUT2D eigenvalue weighted by Gasteiger charge is 2.20. The van der Waals surface area contributed by atoms with Gasteiger partial charge >= 0.3 is 0 Å². The summed E-state index contributed by atoms with van der Waals surface area (Å²) in [7, 11) is 0. The Balaban J connectivity index is 1.93. The van der Waals surface area contributed by atoms with E-state index in [1.165, 1.54) is 41.6 Å². The Morgan fingerprint density at radius 1 is 1.17 bits per heavy atom. The Bertz CT molecular complexity index is 507. The Morgan fingerprint density at radius 3 is 2.72 bits per heavy atom. The van der Waals surface area contributed by atoms with Crippen molar-refractivity contribution < 1.29 is 0 Å². The zero-order valence-electron chi connectivity index (χ0n) is 10.7. The van der Waals surface area contributed by atoms with Crippen LogP contribution in [-0.2, 0) is 0 Å². The summed E-state index contributed by atoms with van der Waals surface area (Å²) < 4.78 is 0. The summed E-state index contributed by atoms with van der Waals surface area (Å²) in [5, 5.41) is 11.0. The Morgan fingerprint density at radius 2 is 2.00 bits per heavy atom. The lowest BCUT2D eigenvalue weighted by atomic mass is 9.96. The second-order valence-electron chi connectivity index (χ2n) is 5.07. The van der Waals surface area contributed by atoms with Gasteiger partial charge in [-0.3, -0.25) is 5.10 Å². The maximum Gasteiger partial charge on any atom is 0.0599 e. The molecule has 1 atom stereocenters. The summed E-state index contributed by atoms with van der Waals surface area (Å²) in [6.45, 7) is 3.22. The maximum atomic E-state index is 4.23. The Hall–Kier alpha value is -1.61. The zero-order valence-corrected chi connectivity index (χ0v) is 10.7. The summed E-state index contributed by atoms with van der Waals surface area (Å²) in [4.78, 5) is 0. The van der Waals surface area contributed by atoms with Crippen LogP contribution in [0.25, 0.3) is 11.1 Å². The molecule has 0 saturated carbocycles. The van der Waals surface area contributed by atoms with E-state index in [4.69, 9.17) is 0 Å². The lowest BCUT2D eigenvalue weighted by molar-refractivity contribution is 0.405. The van der Waals surface area contributed by atoms with Crippen molar-refractivity contribution in [1.82, 2.24) is 15.5 Å². The molecule has 18 heavy (non-hydrogen) atoms. The molecule has 3 rings (SSSR count). The number of H-pyrrole nitrogens is 1. The molecule has 3 nitrogen and oxygen atoms in total. The van der Waals surface area contributed by atoms with Crippen molar-refractivity contribution in [3.05, 3.63) is 41.7 Å². The number of nitrogens with zero attached hydrogens (tertiary/aromatic N) is 1. The number of benzene rings is 1. The third-order valence-electron chi connectivity index (χ3n) is 3.69. The van der Waals surface area contributed by atoms with Crippen LogP contribution in [0.3, 0.4) is 0 Å². The van der Waals surface area contributed by atoms with Gasteiger partial charge in [0.05, 0.1) is 11.9 Å². The van der Waals surface area contributed by atoms with E-state index in [-0.39, 0.29) is 0 Å². The second kappa shape index (κ2) is 4.94. The summed E-state index contributed by atoms with van der Waals surface area (Å²) in [6, 6.07) is 9.08. The van der Waals surface area contributed by atoms with Crippen LogP contribution in [0.5, 0.6) is 0 Å². The van der Waals surface area contributed by atoms with Crippen LogP contribution < -0.4 is 5.32 Å². The highest BCUT2D eigenvalue weighted by Crippen LogP contribution is 2.30. The van der Waals surface area contributed by atoms with Crippen molar-refractivity contribution in [3.8, 4) is 11.1 Å². The van der Waals surface area contributed by atoms with Crippen LogP contribution in [0, 0.1) is 6.92 Å². The fourth-order valence-electron chi connectivity index (χ4n) is 2.62. The minimum Gasteiger partial charge on any atom is -0.309 e. The molecule has 1 aromatic heterocycles. The number of aromatic amines is 1. The average Bonchev–Trinajstić information content (AvgIpc) is 2.90. The van der Waals surface area contributed by atoms with Gasteiger partial charge in [-0.25, -0.2) is 0 Å². The molecule has 0 aliphatic carbocycles. The number of nitrogens with one attached hydrogen (secondary N) is 2. The Kier molecular flexibility index (Phi) is 3.15. The second-order valence-corrected chi connectivity index (χ2v) is 5.07. The van der Waals surface area contributed by atoms with E-state index in [2.05, 4.69) is 46.7 Å². The van der Waals surface area contributed by atoms with Crippen LogP contribution in [0.2, 0.25) is 0 Å². The van der Waals surface area contributed by atoms with Crippen molar-refractivity contribution in [1.29, 1.82) is 0 Å². The number of rotatable bonds is 2. The first-order valence-corrected chi connectivity index (χ1v) is 6.68. The lowest BCUT2D eigenvalue weighted by Gasteiger charge is -2.23. The molecule has 1 aromatic carbocycles. The van der Waals surface area contributed by atoms with Crippen molar-refractivity contribution in [2.45, 2.75) is 32.2 Å². The predicted octanol–water partition coefficient (Wildman–Crippen LogP) is 3.20. The van der Waals surface area contributed by atoms with Gasteiger partial charge in [-0.2, -0.15) is 5.10 Å². The molecule has 0 spiro atoms. The van der Waals surface area contributed by atoms with E-state index < -0.39 is 0 Å². The Labute approximate surface area is 108 Å². The van der Waals surface area contributed by atoms with Gasteiger partial charge in [0.15, 0.2) is 0 Å². The minimum atomic E-state index is 0.428. The summed E-state index contributed by atoms with van der Waals surface area (Å²) in [6.07, 6.45) is 5.71. The van der Waals surface area contributed by atoms with E-state index in [0.717, 1.165) is 6.54 Å². The average molecular weight is 241 g/mol. The van der Waals surface area contributed by atoms with E-state index in [1.54, 1.807) is 0 Å². The standard InChI is InChI=1S/C15H19N3/c1-11-5-7-12(8-6-11)13-10-17-18-15(13)14-4-2-3-9-16-14/h5-8,10,14,16H,2-4,9H2,1H3,(H,17,18). The third-order valence-corrected chi connectivity index (χ3v) is 3.69. The van der Waals surface area contributed by atoms with E-state index in [1.807, 2.05) is 6.20 Å². The molecule has 0 amide bonds. The SMILES string of the molecule is Cc1ccc(-c2cn[nH]c2C2CCCCN2)cc1. The predicted molar refractivity (Wildman–Crippen MR) is 73.4 cm³/mol.